The lowest BCUT2D eigenvalue weighted by molar-refractivity contribution is 0.957. The Hall–Kier alpha value is -2.40. The highest BCUT2D eigenvalue weighted by Crippen LogP contribution is 2.24. The third-order valence-corrected chi connectivity index (χ3v) is 2.97. The minimum atomic E-state index is 0.846. The fourth-order valence-corrected chi connectivity index (χ4v) is 2.04. The van der Waals surface area contributed by atoms with E-state index in [4.69, 9.17) is 5.84 Å². The topological polar surface area (TPSA) is 68.8 Å². The number of anilines is 1. The van der Waals surface area contributed by atoms with Gasteiger partial charge in [0, 0.05) is 25.0 Å². The Kier molecular flexibility index (Phi) is 2.46. The fraction of sp³-hybridized carbons (Fsp3) is 0.0769. The summed E-state index contributed by atoms with van der Waals surface area (Å²) < 4.78 is 2.05. The summed E-state index contributed by atoms with van der Waals surface area (Å²) in [4.78, 5) is 8.74. The van der Waals surface area contributed by atoms with Crippen LogP contribution in [0.25, 0.3) is 22.4 Å². The molecule has 3 aromatic rings. The van der Waals surface area contributed by atoms with Crippen LogP contribution < -0.4 is 11.3 Å². The number of aromatic nitrogens is 3. The lowest BCUT2D eigenvalue weighted by Gasteiger charge is -2.01. The number of imidazole rings is 1. The predicted octanol–water partition coefficient (Wildman–Crippen LogP) is 1.92. The number of nitrogens with zero attached hydrogens (tertiary/aromatic N) is 3. The van der Waals surface area contributed by atoms with Crippen LogP contribution >= 0.6 is 0 Å². The van der Waals surface area contributed by atoms with Crippen molar-refractivity contribution < 1.29 is 0 Å². The van der Waals surface area contributed by atoms with Crippen LogP contribution in [-0.2, 0) is 7.05 Å². The van der Waals surface area contributed by atoms with Gasteiger partial charge in [0.25, 0.3) is 0 Å². The second-order valence-corrected chi connectivity index (χ2v) is 4.08. The van der Waals surface area contributed by atoms with Gasteiger partial charge in [0.1, 0.15) is 5.82 Å². The van der Waals surface area contributed by atoms with Crippen molar-refractivity contribution >= 4 is 16.7 Å². The van der Waals surface area contributed by atoms with Crippen molar-refractivity contribution in [3.8, 4) is 11.4 Å². The van der Waals surface area contributed by atoms with Gasteiger partial charge in [-0.15, -0.1) is 0 Å². The zero-order valence-corrected chi connectivity index (χ0v) is 9.96. The van der Waals surface area contributed by atoms with Crippen LogP contribution in [0.5, 0.6) is 0 Å². The van der Waals surface area contributed by atoms with Crippen molar-refractivity contribution in [1.29, 1.82) is 0 Å². The number of hydrogen-bond acceptors (Lipinski definition) is 4. The van der Waals surface area contributed by atoms with Crippen LogP contribution in [0, 0.1) is 0 Å². The van der Waals surface area contributed by atoms with E-state index in [1.165, 1.54) is 0 Å². The van der Waals surface area contributed by atoms with Crippen molar-refractivity contribution in [2.75, 3.05) is 5.43 Å². The van der Waals surface area contributed by atoms with Crippen LogP contribution in [0.2, 0.25) is 0 Å². The molecular formula is C13H13N5. The van der Waals surface area contributed by atoms with Gasteiger partial charge >= 0.3 is 0 Å². The molecule has 0 saturated heterocycles. The third kappa shape index (κ3) is 1.61. The van der Waals surface area contributed by atoms with E-state index in [-0.39, 0.29) is 0 Å². The highest BCUT2D eigenvalue weighted by atomic mass is 15.2. The summed E-state index contributed by atoms with van der Waals surface area (Å²) >= 11 is 0. The number of fused-ring (bicyclic) bond motifs is 1. The zero-order valence-electron chi connectivity index (χ0n) is 9.96. The van der Waals surface area contributed by atoms with Gasteiger partial charge in [-0.25, -0.2) is 4.98 Å². The molecule has 2 heterocycles. The standard InChI is InChI=1S/C13H13N5/c1-18-12-5-4-10(17-14)7-11(12)16-13(18)9-3-2-6-15-8-9/h2-8,17H,14H2,1H3. The molecule has 0 bridgehead atoms. The molecule has 0 aliphatic heterocycles. The number of nitrogen functional groups attached to an aromatic ring is 1. The Morgan fingerprint density at radius 1 is 1.28 bits per heavy atom. The second-order valence-electron chi connectivity index (χ2n) is 4.08. The molecule has 18 heavy (non-hydrogen) atoms. The second kappa shape index (κ2) is 4.12. The minimum absolute atomic E-state index is 0.846. The van der Waals surface area contributed by atoms with Crippen LogP contribution in [0.3, 0.4) is 0 Å². The first kappa shape index (κ1) is 10.7. The molecule has 3 N–H and O–H groups in total. The Labute approximate surface area is 104 Å². The van der Waals surface area contributed by atoms with Crippen molar-refractivity contribution in [3.63, 3.8) is 0 Å². The van der Waals surface area contributed by atoms with E-state index >= 15 is 0 Å². The molecule has 0 aliphatic rings. The van der Waals surface area contributed by atoms with Crippen LogP contribution in [0.15, 0.2) is 42.7 Å². The Morgan fingerprint density at radius 2 is 2.17 bits per heavy atom. The summed E-state index contributed by atoms with van der Waals surface area (Å²) in [5.41, 5.74) is 6.44. The third-order valence-electron chi connectivity index (χ3n) is 2.97. The molecule has 0 unspecified atom stereocenters. The van der Waals surface area contributed by atoms with E-state index in [0.29, 0.717) is 0 Å². The predicted molar refractivity (Wildman–Crippen MR) is 71.8 cm³/mol. The van der Waals surface area contributed by atoms with Crippen molar-refractivity contribution in [2.24, 2.45) is 12.9 Å². The Morgan fingerprint density at radius 3 is 2.89 bits per heavy atom. The van der Waals surface area contributed by atoms with Gasteiger partial charge in [0.15, 0.2) is 0 Å². The van der Waals surface area contributed by atoms with Gasteiger partial charge in [-0.05, 0) is 30.3 Å². The quantitative estimate of drug-likeness (QED) is 0.529. The smallest absolute Gasteiger partial charge is 0.142 e. The molecule has 0 spiro atoms. The van der Waals surface area contributed by atoms with E-state index < -0.39 is 0 Å². The van der Waals surface area contributed by atoms with Crippen LogP contribution in [-0.4, -0.2) is 14.5 Å². The van der Waals surface area contributed by atoms with E-state index in [1.54, 1.807) is 6.20 Å². The van der Waals surface area contributed by atoms with Gasteiger partial charge in [-0.2, -0.15) is 0 Å². The molecule has 90 valence electrons. The summed E-state index contributed by atoms with van der Waals surface area (Å²) in [5.74, 6) is 6.30. The molecule has 0 atom stereocenters. The lowest BCUT2D eigenvalue weighted by atomic mass is 10.3. The SMILES string of the molecule is Cn1c(-c2cccnc2)nc2cc(NN)ccc21. The minimum Gasteiger partial charge on any atom is -0.327 e. The molecule has 3 rings (SSSR count). The highest BCUT2D eigenvalue weighted by molar-refractivity contribution is 5.83. The number of aryl methyl sites for hydroxylation is 1. The summed E-state index contributed by atoms with van der Waals surface area (Å²) in [7, 11) is 1.99. The van der Waals surface area contributed by atoms with Crippen molar-refractivity contribution in [1.82, 2.24) is 14.5 Å². The van der Waals surface area contributed by atoms with Crippen molar-refractivity contribution in [3.05, 3.63) is 42.7 Å². The number of nitrogens with one attached hydrogen (secondary N) is 1. The van der Waals surface area contributed by atoms with E-state index in [1.807, 2.05) is 48.1 Å². The first-order valence-electron chi connectivity index (χ1n) is 5.63. The number of nitrogens with two attached hydrogens (primary N) is 1. The van der Waals surface area contributed by atoms with E-state index in [2.05, 4.69) is 15.4 Å². The summed E-state index contributed by atoms with van der Waals surface area (Å²) in [6.45, 7) is 0. The summed E-state index contributed by atoms with van der Waals surface area (Å²) in [6.07, 6.45) is 3.56. The molecular weight excluding hydrogens is 226 g/mol. The number of pyridine rings is 1. The molecule has 5 nitrogen and oxygen atoms in total. The molecule has 0 saturated carbocycles. The maximum Gasteiger partial charge on any atom is 0.142 e. The summed E-state index contributed by atoms with van der Waals surface area (Å²) in [5, 5.41) is 0. The Bertz CT molecular complexity index is 687. The molecule has 2 aromatic heterocycles. The van der Waals surface area contributed by atoms with E-state index in [9.17, 15) is 0 Å². The van der Waals surface area contributed by atoms with Gasteiger partial charge in [0.2, 0.25) is 0 Å². The molecule has 0 aliphatic carbocycles. The fourth-order valence-electron chi connectivity index (χ4n) is 2.04. The number of hydrogen-bond donors (Lipinski definition) is 2. The average molecular weight is 239 g/mol. The van der Waals surface area contributed by atoms with Crippen molar-refractivity contribution in [2.45, 2.75) is 0 Å². The molecule has 1 aromatic carbocycles. The highest BCUT2D eigenvalue weighted by Gasteiger charge is 2.09. The normalized spacial score (nSPS) is 10.8. The zero-order chi connectivity index (χ0) is 12.5. The average Bonchev–Trinajstić information content (AvgIpc) is 2.76. The summed E-state index contributed by atoms with van der Waals surface area (Å²) in [6, 6.07) is 9.75. The maximum absolute atomic E-state index is 5.40. The number of benzene rings is 1. The van der Waals surface area contributed by atoms with Gasteiger partial charge in [0.05, 0.1) is 16.7 Å². The van der Waals surface area contributed by atoms with Gasteiger partial charge in [-0.3, -0.25) is 10.8 Å². The Balaban J connectivity index is 2.23. The maximum atomic E-state index is 5.40. The first-order chi connectivity index (χ1) is 8.79. The number of hydrazine groups is 1. The molecule has 0 radical (unpaired) electrons. The lowest BCUT2D eigenvalue weighted by Crippen LogP contribution is -2.06. The van der Waals surface area contributed by atoms with Crippen LogP contribution in [0.4, 0.5) is 5.69 Å². The molecule has 0 fully saturated rings. The molecule has 0 amide bonds. The van der Waals surface area contributed by atoms with Gasteiger partial charge in [-0.1, -0.05) is 0 Å². The number of rotatable bonds is 2. The largest absolute Gasteiger partial charge is 0.327 e. The monoisotopic (exact) mass is 239 g/mol. The van der Waals surface area contributed by atoms with E-state index in [0.717, 1.165) is 28.1 Å². The molecule has 5 heteroatoms. The van der Waals surface area contributed by atoms with Crippen LogP contribution in [0.1, 0.15) is 0 Å². The van der Waals surface area contributed by atoms with Gasteiger partial charge < -0.3 is 9.99 Å². The first-order valence-corrected chi connectivity index (χ1v) is 5.63.